The first-order chi connectivity index (χ1) is 8.17. The van der Waals surface area contributed by atoms with Gasteiger partial charge in [0.1, 0.15) is 0 Å². The third-order valence-corrected chi connectivity index (χ3v) is 4.69. The molecule has 0 amide bonds. The largest absolute Gasteiger partial charge is 0.362 e. The van der Waals surface area contributed by atoms with E-state index in [0.717, 1.165) is 0 Å². The lowest BCUT2D eigenvalue weighted by atomic mass is 10.1. The van der Waals surface area contributed by atoms with E-state index in [9.17, 15) is 0 Å². The van der Waals surface area contributed by atoms with E-state index in [2.05, 4.69) is 33.0 Å². The Morgan fingerprint density at radius 1 is 1.29 bits per heavy atom. The van der Waals surface area contributed by atoms with Crippen molar-refractivity contribution in [3.8, 4) is 0 Å². The summed E-state index contributed by atoms with van der Waals surface area (Å²) < 4.78 is 0. The van der Waals surface area contributed by atoms with Gasteiger partial charge in [-0.1, -0.05) is 51.8 Å². The van der Waals surface area contributed by atoms with Gasteiger partial charge < -0.3 is 5.32 Å². The number of rotatable bonds is 6. The van der Waals surface area contributed by atoms with Crippen LogP contribution in [0.15, 0.2) is 4.99 Å². The molecular formula is C14H28N2S. The molecule has 0 spiro atoms. The minimum absolute atomic E-state index is 0.479. The van der Waals surface area contributed by atoms with Crippen LogP contribution in [0.4, 0.5) is 0 Å². The van der Waals surface area contributed by atoms with Gasteiger partial charge >= 0.3 is 0 Å². The predicted octanol–water partition coefficient (Wildman–Crippen LogP) is 4.06. The molecule has 0 bridgehead atoms. The predicted molar refractivity (Wildman–Crippen MR) is 79.9 cm³/mol. The Labute approximate surface area is 111 Å². The number of nitrogens with zero attached hydrogens (tertiary/aromatic N) is 1. The molecule has 3 unspecified atom stereocenters. The van der Waals surface area contributed by atoms with Gasteiger partial charge in [-0.2, -0.15) is 0 Å². The fourth-order valence-electron chi connectivity index (χ4n) is 2.04. The van der Waals surface area contributed by atoms with Crippen molar-refractivity contribution < 1.29 is 0 Å². The van der Waals surface area contributed by atoms with Crippen LogP contribution in [0.25, 0.3) is 0 Å². The quantitative estimate of drug-likeness (QED) is 0.775. The Morgan fingerprint density at radius 2 is 2.06 bits per heavy atom. The molecule has 1 heterocycles. The smallest absolute Gasteiger partial charge is 0.157 e. The molecule has 1 aliphatic rings. The average Bonchev–Trinajstić information content (AvgIpc) is 2.31. The lowest BCUT2D eigenvalue weighted by Gasteiger charge is -2.27. The van der Waals surface area contributed by atoms with Gasteiger partial charge in [0.05, 0.1) is 6.04 Å². The van der Waals surface area contributed by atoms with Gasteiger partial charge in [0.2, 0.25) is 0 Å². The van der Waals surface area contributed by atoms with Crippen LogP contribution in [0.5, 0.6) is 0 Å². The van der Waals surface area contributed by atoms with Gasteiger partial charge in [-0.3, -0.25) is 4.99 Å². The number of aliphatic imine (C=N–C) groups is 1. The SMILES string of the molecule is CCCCC(CCC)NC1=NC(C)C(C)CS1. The zero-order valence-electron chi connectivity index (χ0n) is 11.8. The van der Waals surface area contributed by atoms with Crippen molar-refractivity contribution >= 4 is 16.9 Å². The lowest BCUT2D eigenvalue weighted by Crippen LogP contribution is -2.37. The molecule has 17 heavy (non-hydrogen) atoms. The molecule has 1 N–H and O–H groups in total. The molecule has 0 aromatic carbocycles. The van der Waals surface area contributed by atoms with Crippen molar-refractivity contribution in [1.29, 1.82) is 0 Å². The first kappa shape index (κ1) is 14.9. The Bertz CT molecular complexity index is 240. The highest BCUT2D eigenvalue weighted by molar-refractivity contribution is 8.13. The second kappa shape index (κ2) is 8.02. The van der Waals surface area contributed by atoms with Crippen molar-refractivity contribution in [3.63, 3.8) is 0 Å². The molecule has 3 atom stereocenters. The standard InChI is InChI=1S/C14H28N2S/c1-5-7-9-13(8-6-2)16-14-15-12(4)11(3)10-17-14/h11-13H,5-10H2,1-4H3,(H,15,16). The molecule has 100 valence electrons. The Morgan fingerprint density at radius 3 is 2.65 bits per heavy atom. The number of hydrogen-bond acceptors (Lipinski definition) is 3. The van der Waals surface area contributed by atoms with Crippen molar-refractivity contribution in [3.05, 3.63) is 0 Å². The normalized spacial score (nSPS) is 26.5. The molecule has 0 aliphatic carbocycles. The number of thioether (sulfide) groups is 1. The maximum Gasteiger partial charge on any atom is 0.157 e. The Kier molecular flexibility index (Phi) is 7.02. The van der Waals surface area contributed by atoms with Crippen molar-refractivity contribution in [1.82, 2.24) is 5.32 Å². The number of amidine groups is 1. The number of unbranched alkanes of at least 4 members (excludes halogenated alkanes) is 1. The van der Waals surface area contributed by atoms with E-state index in [1.807, 2.05) is 11.8 Å². The van der Waals surface area contributed by atoms with Crippen LogP contribution >= 0.6 is 11.8 Å². The van der Waals surface area contributed by atoms with Gasteiger partial charge in [-0.25, -0.2) is 0 Å². The Hall–Kier alpha value is -0.180. The maximum absolute atomic E-state index is 4.76. The first-order valence-electron chi connectivity index (χ1n) is 7.14. The lowest BCUT2D eigenvalue weighted by molar-refractivity contribution is 0.488. The second-order valence-electron chi connectivity index (χ2n) is 5.24. The molecular weight excluding hydrogens is 228 g/mol. The van der Waals surface area contributed by atoms with E-state index in [1.165, 1.54) is 43.0 Å². The third-order valence-electron chi connectivity index (χ3n) is 3.50. The summed E-state index contributed by atoms with van der Waals surface area (Å²) >= 11 is 1.90. The van der Waals surface area contributed by atoms with Crippen LogP contribution in [-0.4, -0.2) is 23.0 Å². The summed E-state index contributed by atoms with van der Waals surface area (Å²) in [4.78, 5) is 4.76. The molecule has 2 nitrogen and oxygen atoms in total. The fraction of sp³-hybridized carbons (Fsp3) is 0.929. The monoisotopic (exact) mass is 256 g/mol. The van der Waals surface area contributed by atoms with Crippen molar-refractivity contribution in [2.75, 3.05) is 5.75 Å². The van der Waals surface area contributed by atoms with Gasteiger partial charge in [-0.05, 0) is 25.7 Å². The van der Waals surface area contributed by atoms with Gasteiger partial charge in [-0.15, -0.1) is 0 Å². The summed E-state index contributed by atoms with van der Waals surface area (Å²) in [5.41, 5.74) is 0. The van der Waals surface area contributed by atoms with Crippen molar-refractivity contribution in [2.45, 2.75) is 71.9 Å². The van der Waals surface area contributed by atoms with Crippen LogP contribution < -0.4 is 5.32 Å². The molecule has 0 radical (unpaired) electrons. The van der Waals surface area contributed by atoms with E-state index < -0.39 is 0 Å². The molecule has 0 saturated carbocycles. The van der Waals surface area contributed by atoms with Gasteiger partial charge in [0.15, 0.2) is 5.17 Å². The third kappa shape index (κ3) is 5.33. The molecule has 0 saturated heterocycles. The van der Waals surface area contributed by atoms with Gasteiger partial charge in [0.25, 0.3) is 0 Å². The number of hydrogen-bond donors (Lipinski definition) is 1. The average molecular weight is 256 g/mol. The highest BCUT2D eigenvalue weighted by Crippen LogP contribution is 2.22. The molecule has 1 aliphatic heterocycles. The molecule has 0 fully saturated rings. The van der Waals surface area contributed by atoms with E-state index in [1.54, 1.807) is 0 Å². The molecule has 0 aromatic rings. The Balaban J connectivity index is 2.45. The highest BCUT2D eigenvalue weighted by Gasteiger charge is 2.20. The van der Waals surface area contributed by atoms with E-state index in [-0.39, 0.29) is 0 Å². The maximum atomic E-state index is 4.76. The van der Waals surface area contributed by atoms with E-state index in [0.29, 0.717) is 18.0 Å². The summed E-state index contributed by atoms with van der Waals surface area (Å²) in [5.74, 6) is 1.92. The summed E-state index contributed by atoms with van der Waals surface area (Å²) in [6, 6.07) is 1.11. The summed E-state index contributed by atoms with van der Waals surface area (Å²) in [6.07, 6.45) is 6.42. The topological polar surface area (TPSA) is 24.4 Å². The van der Waals surface area contributed by atoms with Gasteiger partial charge in [0, 0.05) is 11.8 Å². The van der Waals surface area contributed by atoms with E-state index >= 15 is 0 Å². The van der Waals surface area contributed by atoms with E-state index in [4.69, 9.17) is 4.99 Å². The summed E-state index contributed by atoms with van der Waals surface area (Å²) in [6.45, 7) is 9.05. The highest BCUT2D eigenvalue weighted by atomic mass is 32.2. The first-order valence-corrected chi connectivity index (χ1v) is 8.13. The summed E-state index contributed by atoms with van der Waals surface area (Å²) in [5, 5.41) is 4.84. The fourth-order valence-corrected chi connectivity index (χ4v) is 3.23. The van der Waals surface area contributed by atoms with Crippen LogP contribution in [0.3, 0.4) is 0 Å². The number of nitrogens with one attached hydrogen (secondary N) is 1. The van der Waals surface area contributed by atoms with Crippen molar-refractivity contribution in [2.24, 2.45) is 10.9 Å². The zero-order valence-corrected chi connectivity index (χ0v) is 12.6. The second-order valence-corrected chi connectivity index (χ2v) is 6.24. The molecule has 1 rings (SSSR count). The van der Waals surface area contributed by atoms with Crippen LogP contribution in [-0.2, 0) is 0 Å². The minimum Gasteiger partial charge on any atom is -0.362 e. The summed E-state index contributed by atoms with van der Waals surface area (Å²) in [7, 11) is 0. The van der Waals surface area contributed by atoms with Crippen LogP contribution in [0.2, 0.25) is 0 Å². The molecule has 0 aromatic heterocycles. The molecule has 3 heteroatoms. The van der Waals surface area contributed by atoms with Crippen LogP contribution in [0, 0.1) is 5.92 Å². The van der Waals surface area contributed by atoms with Crippen LogP contribution in [0.1, 0.15) is 59.8 Å². The zero-order chi connectivity index (χ0) is 12.7. The minimum atomic E-state index is 0.479.